The van der Waals surface area contributed by atoms with E-state index in [1.807, 2.05) is 24.3 Å². The number of rotatable bonds is 4. The average molecular weight is 271 g/mol. The minimum atomic E-state index is -0.139. The van der Waals surface area contributed by atoms with Gasteiger partial charge in [0.1, 0.15) is 6.61 Å². The van der Waals surface area contributed by atoms with Gasteiger partial charge in [-0.2, -0.15) is 0 Å². The average Bonchev–Trinajstić information content (AvgIpc) is 2.98. The molecule has 0 bridgehead atoms. The predicted octanol–water partition coefficient (Wildman–Crippen LogP) is 2.94. The number of amides is 1. The van der Waals surface area contributed by atoms with Crippen LogP contribution in [0.1, 0.15) is 44.1 Å². The number of carbonyl (C=O) groups is 1. The quantitative estimate of drug-likeness (QED) is 0.827. The lowest BCUT2D eigenvalue weighted by atomic mass is 10.0. The minimum Gasteiger partial charge on any atom is -0.384 e. The summed E-state index contributed by atoms with van der Waals surface area (Å²) in [4.78, 5) is 11.9. The molecule has 1 saturated carbocycles. The van der Waals surface area contributed by atoms with Crippen molar-refractivity contribution in [2.45, 2.75) is 38.5 Å². The summed E-state index contributed by atoms with van der Waals surface area (Å²) in [5.41, 5.74) is 1.64. The highest BCUT2D eigenvalue weighted by molar-refractivity contribution is 5.90. The van der Waals surface area contributed by atoms with Crippen LogP contribution in [0, 0.1) is 17.8 Å². The van der Waals surface area contributed by atoms with Gasteiger partial charge in [0.25, 0.3) is 0 Å². The number of aliphatic hydroxyl groups is 1. The van der Waals surface area contributed by atoms with Gasteiger partial charge in [-0.1, -0.05) is 37.5 Å². The van der Waals surface area contributed by atoms with Gasteiger partial charge in [0.2, 0.25) is 5.91 Å². The van der Waals surface area contributed by atoms with Gasteiger partial charge in [0.15, 0.2) is 0 Å². The molecule has 0 unspecified atom stereocenters. The molecular formula is C17H21NO2. The van der Waals surface area contributed by atoms with Crippen LogP contribution in [0.15, 0.2) is 24.3 Å². The highest BCUT2D eigenvalue weighted by Gasteiger charge is 2.16. The fraction of sp³-hybridized carbons (Fsp3) is 0.471. The monoisotopic (exact) mass is 271 g/mol. The third-order valence-corrected chi connectivity index (χ3v) is 3.73. The summed E-state index contributed by atoms with van der Waals surface area (Å²) >= 11 is 0. The smallest absolute Gasteiger partial charge is 0.224 e. The molecular weight excluding hydrogens is 250 g/mol. The summed E-state index contributed by atoms with van der Waals surface area (Å²) in [6, 6.07) is 7.37. The Bertz CT molecular complexity index is 490. The highest BCUT2D eigenvalue weighted by atomic mass is 16.2. The van der Waals surface area contributed by atoms with E-state index < -0.39 is 0 Å². The first-order valence-corrected chi connectivity index (χ1v) is 7.27. The van der Waals surface area contributed by atoms with Crippen molar-refractivity contribution in [2.24, 2.45) is 5.92 Å². The maximum atomic E-state index is 11.9. The number of benzene rings is 1. The van der Waals surface area contributed by atoms with Gasteiger partial charge in [0, 0.05) is 17.7 Å². The standard InChI is InChI=1S/C17H21NO2/c19-13-3-6-15-7-10-16(11-8-15)18-17(20)12-9-14-4-1-2-5-14/h7-8,10-11,14,19H,1-2,4-5,9,12-13H2,(H,18,20). The van der Waals surface area contributed by atoms with E-state index in [4.69, 9.17) is 5.11 Å². The van der Waals surface area contributed by atoms with Crippen molar-refractivity contribution < 1.29 is 9.90 Å². The zero-order valence-corrected chi connectivity index (χ0v) is 11.7. The molecule has 0 aliphatic heterocycles. The van der Waals surface area contributed by atoms with E-state index in [9.17, 15) is 4.79 Å². The molecule has 106 valence electrons. The van der Waals surface area contributed by atoms with E-state index in [1.165, 1.54) is 25.7 Å². The van der Waals surface area contributed by atoms with Crippen molar-refractivity contribution in [1.82, 2.24) is 0 Å². The molecule has 0 heterocycles. The van der Waals surface area contributed by atoms with Crippen LogP contribution in [0.5, 0.6) is 0 Å². The second kappa shape index (κ2) is 7.72. The van der Waals surface area contributed by atoms with Crippen LogP contribution in [-0.2, 0) is 4.79 Å². The van der Waals surface area contributed by atoms with Crippen LogP contribution in [-0.4, -0.2) is 17.6 Å². The molecule has 0 saturated heterocycles. The predicted molar refractivity (Wildman–Crippen MR) is 80.2 cm³/mol. The Balaban J connectivity index is 1.78. The Labute approximate surface area is 120 Å². The summed E-state index contributed by atoms with van der Waals surface area (Å²) in [5, 5.41) is 11.5. The van der Waals surface area contributed by atoms with E-state index in [0.29, 0.717) is 6.42 Å². The molecule has 0 spiro atoms. The summed E-state index contributed by atoms with van der Waals surface area (Å²) in [6.07, 6.45) is 6.82. The molecule has 1 aliphatic carbocycles. The lowest BCUT2D eigenvalue weighted by Crippen LogP contribution is -2.12. The summed E-state index contributed by atoms with van der Waals surface area (Å²) in [7, 11) is 0. The second-order valence-electron chi connectivity index (χ2n) is 5.27. The molecule has 0 aromatic heterocycles. The van der Waals surface area contributed by atoms with Crippen molar-refractivity contribution in [3.05, 3.63) is 29.8 Å². The lowest BCUT2D eigenvalue weighted by molar-refractivity contribution is -0.116. The molecule has 1 aromatic carbocycles. The highest BCUT2D eigenvalue weighted by Crippen LogP contribution is 2.28. The molecule has 3 heteroatoms. The molecule has 20 heavy (non-hydrogen) atoms. The number of hydrogen-bond donors (Lipinski definition) is 2. The van der Waals surface area contributed by atoms with Gasteiger partial charge in [0.05, 0.1) is 0 Å². The molecule has 1 aromatic rings. The molecule has 0 radical (unpaired) electrons. The summed E-state index contributed by atoms with van der Waals surface area (Å²) < 4.78 is 0. The van der Waals surface area contributed by atoms with Crippen molar-refractivity contribution in [3.8, 4) is 11.8 Å². The molecule has 1 fully saturated rings. The van der Waals surface area contributed by atoms with Crippen LogP contribution in [0.4, 0.5) is 5.69 Å². The van der Waals surface area contributed by atoms with Gasteiger partial charge in [-0.3, -0.25) is 4.79 Å². The zero-order valence-electron chi connectivity index (χ0n) is 11.7. The molecule has 0 atom stereocenters. The molecule has 2 rings (SSSR count). The van der Waals surface area contributed by atoms with E-state index in [1.54, 1.807) is 0 Å². The Kier molecular flexibility index (Phi) is 5.64. The Morgan fingerprint density at radius 2 is 1.95 bits per heavy atom. The number of carbonyl (C=O) groups excluding carboxylic acids is 1. The molecule has 3 nitrogen and oxygen atoms in total. The van der Waals surface area contributed by atoms with E-state index in [2.05, 4.69) is 17.2 Å². The number of hydrogen-bond acceptors (Lipinski definition) is 2. The van der Waals surface area contributed by atoms with Crippen LogP contribution >= 0.6 is 0 Å². The summed E-state index contributed by atoms with van der Waals surface area (Å²) in [5.74, 6) is 6.26. The van der Waals surface area contributed by atoms with Crippen LogP contribution < -0.4 is 5.32 Å². The summed E-state index contributed by atoms with van der Waals surface area (Å²) in [6.45, 7) is -0.139. The maximum Gasteiger partial charge on any atom is 0.224 e. The van der Waals surface area contributed by atoms with Crippen LogP contribution in [0.25, 0.3) is 0 Å². The second-order valence-corrected chi connectivity index (χ2v) is 5.27. The van der Waals surface area contributed by atoms with E-state index >= 15 is 0 Å². The van der Waals surface area contributed by atoms with Crippen molar-refractivity contribution in [2.75, 3.05) is 11.9 Å². The molecule has 1 aliphatic rings. The Hall–Kier alpha value is -1.79. The largest absolute Gasteiger partial charge is 0.384 e. The fourth-order valence-electron chi connectivity index (χ4n) is 2.64. The molecule has 2 N–H and O–H groups in total. The normalized spacial score (nSPS) is 14.7. The first-order valence-electron chi connectivity index (χ1n) is 7.27. The van der Waals surface area contributed by atoms with Crippen LogP contribution in [0.3, 0.4) is 0 Å². The Morgan fingerprint density at radius 3 is 2.60 bits per heavy atom. The third-order valence-electron chi connectivity index (χ3n) is 3.73. The number of aliphatic hydroxyl groups excluding tert-OH is 1. The van der Waals surface area contributed by atoms with Gasteiger partial charge < -0.3 is 10.4 Å². The van der Waals surface area contributed by atoms with Gasteiger partial charge in [-0.05, 0) is 36.6 Å². The third kappa shape index (κ3) is 4.71. The number of nitrogens with one attached hydrogen (secondary N) is 1. The van der Waals surface area contributed by atoms with Gasteiger partial charge in [-0.15, -0.1) is 0 Å². The topological polar surface area (TPSA) is 49.3 Å². The maximum absolute atomic E-state index is 11.9. The first kappa shape index (κ1) is 14.6. The Morgan fingerprint density at radius 1 is 1.25 bits per heavy atom. The van der Waals surface area contributed by atoms with Crippen LogP contribution in [0.2, 0.25) is 0 Å². The zero-order chi connectivity index (χ0) is 14.2. The van der Waals surface area contributed by atoms with Crippen molar-refractivity contribution in [3.63, 3.8) is 0 Å². The van der Waals surface area contributed by atoms with E-state index in [0.717, 1.165) is 23.6 Å². The lowest BCUT2D eigenvalue weighted by Gasteiger charge is -2.09. The van der Waals surface area contributed by atoms with Crippen molar-refractivity contribution >= 4 is 11.6 Å². The van der Waals surface area contributed by atoms with Gasteiger partial charge in [-0.25, -0.2) is 0 Å². The first-order chi connectivity index (χ1) is 9.78. The minimum absolute atomic E-state index is 0.0890. The van der Waals surface area contributed by atoms with Gasteiger partial charge >= 0.3 is 0 Å². The SMILES string of the molecule is O=C(CCC1CCCC1)Nc1ccc(C#CCO)cc1. The molecule has 1 amide bonds. The van der Waals surface area contributed by atoms with E-state index in [-0.39, 0.29) is 12.5 Å². The van der Waals surface area contributed by atoms with Crippen molar-refractivity contribution in [1.29, 1.82) is 0 Å². The fourth-order valence-corrected chi connectivity index (χ4v) is 2.64. The number of anilines is 1.